The van der Waals surface area contributed by atoms with Crippen LogP contribution in [0.25, 0.3) is 0 Å². The summed E-state index contributed by atoms with van der Waals surface area (Å²) in [6, 6.07) is 5.38. The Balaban J connectivity index is 2.36. The fraction of sp³-hybridized carbons (Fsp3) is 0.500. The van der Waals surface area contributed by atoms with Crippen LogP contribution in [0, 0.1) is 0 Å². The van der Waals surface area contributed by atoms with Crippen LogP contribution in [0.4, 0.5) is 10.5 Å². The Bertz CT molecular complexity index is 568. The molecule has 4 N–H and O–H groups in total. The number of nitrogens with zero attached hydrogens (tertiary/aromatic N) is 1. The molecule has 1 aromatic rings. The van der Waals surface area contributed by atoms with Crippen LogP contribution in [0.15, 0.2) is 29.2 Å². The Morgan fingerprint density at radius 3 is 2.27 bits per heavy atom. The van der Waals surface area contributed by atoms with Crippen LogP contribution in [0.3, 0.4) is 0 Å². The SMILES string of the molecule is CCN(CC)CCCNC(=O)Nc1ccc(S(N)(=O)=O)cc1. The Hall–Kier alpha value is -1.64. The van der Waals surface area contributed by atoms with Crippen molar-refractivity contribution in [3.05, 3.63) is 24.3 Å². The number of hydrogen-bond donors (Lipinski definition) is 3. The smallest absolute Gasteiger partial charge is 0.319 e. The van der Waals surface area contributed by atoms with Crippen LogP contribution in [0.5, 0.6) is 0 Å². The van der Waals surface area contributed by atoms with Crippen molar-refractivity contribution in [1.82, 2.24) is 10.2 Å². The fourth-order valence-electron chi connectivity index (χ4n) is 1.95. The van der Waals surface area contributed by atoms with Crippen molar-refractivity contribution in [1.29, 1.82) is 0 Å². The summed E-state index contributed by atoms with van der Waals surface area (Å²) in [5, 5.41) is 10.4. The van der Waals surface area contributed by atoms with Crippen molar-refractivity contribution in [3.8, 4) is 0 Å². The molecule has 1 rings (SSSR count). The van der Waals surface area contributed by atoms with Gasteiger partial charge in [-0.2, -0.15) is 0 Å². The number of benzene rings is 1. The van der Waals surface area contributed by atoms with Gasteiger partial charge in [0.25, 0.3) is 0 Å². The standard InChI is InChI=1S/C14H24N4O3S/c1-3-18(4-2)11-5-10-16-14(19)17-12-6-8-13(9-7-12)22(15,20)21/h6-9H,3-5,10-11H2,1-2H3,(H2,15,20,21)(H2,16,17,19). The first kappa shape index (κ1) is 18.4. The second-order valence-electron chi connectivity index (χ2n) is 4.83. The summed E-state index contributed by atoms with van der Waals surface area (Å²) in [5.74, 6) is 0. The highest BCUT2D eigenvalue weighted by molar-refractivity contribution is 7.89. The molecule has 22 heavy (non-hydrogen) atoms. The summed E-state index contributed by atoms with van der Waals surface area (Å²) in [5.41, 5.74) is 0.508. The van der Waals surface area contributed by atoms with E-state index in [1.54, 1.807) is 0 Å². The molecule has 0 saturated heterocycles. The van der Waals surface area contributed by atoms with Gasteiger partial charge in [-0.05, 0) is 50.3 Å². The lowest BCUT2D eigenvalue weighted by molar-refractivity contribution is 0.250. The van der Waals surface area contributed by atoms with Gasteiger partial charge in [-0.25, -0.2) is 18.4 Å². The van der Waals surface area contributed by atoms with Crippen molar-refractivity contribution in [2.45, 2.75) is 25.2 Å². The lowest BCUT2D eigenvalue weighted by atomic mass is 10.3. The Morgan fingerprint density at radius 1 is 1.18 bits per heavy atom. The minimum Gasteiger partial charge on any atom is -0.338 e. The van der Waals surface area contributed by atoms with Crippen LogP contribution in [-0.2, 0) is 10.0 Å². The van der Waals surface area contributed by atoms with Gasteiger partial charge in [0.15, 0.2) is 0 Å². The molecule has 0 atom stereocenters. The van der Waals surface area contributed by atoms with Crippen LogP contribution in [0.1, 0.15) is 20.3 Å². The Morgan fingerprint density at radius 2 is 1.77 bits per heavy atom. The lowest BCUT2D eigenvalue weighted by Crippen LogP contribution is -2.32. The number of hydrogen-bond acceptors (Lipinski definition) is 4. The molecule has 1 aromatic carbocycles. The van der Waals surface area contributed by atoms with Gasteiger partial charge in [-0.3, -0.25) is 0 Å². The number of urea groups is 1. The van der Waals surface area contributed by atoms with Crippen LogP contribution in [-0.4, -0.2) is 45.5 Å². The van der Waals surface area contributed by atoms with E-state index in [9.17, 15) is 13.2 Å². The summed E-state index contributed by atoms with van der Waals surface area (Å²) >= 11 is 0. The van der Waals surface area contributed by atoms with Gasteiger partial charge in [0.1, 0.15) is 0 Å². The third kappa shape index (κ3) is 6.42. The Labute approximate surface area is 131 Å². The van der Waals surface area contributed by atoms with E-state index in [4.69, 9.17) is 5.14 Å². The second kappa shape index (κ2) is 8.72. The highest BCUT2D eigenvalue weighted by Gasteiger charge is 2.07. The summed E-state index contributed by atoms with van der Waals surface area (Å²) in [6.45, 7) is 7.73. The highest BCUT2D eigenvalue weighted by atomic mass is 32.2. The molecule has 0 radical (unpaired) electrons. The maximum atomic E-state index is 11.7. The summed E-state index contributed by atoms with van der Waals surface area (Å²) in [7, 11) is -3.71. The lowest BCUT2D eigenvalue weighted by Gasteiger charge is -2.17. The molecule has 0 bridgehead atoms. The first-order chi connectivity index (χ1) is 10.4. The molecule has 0 saturated carbocycles. The van der Waals surface area contributed by atoms with Crippen molar-refractivity contribution in [3.63, 3.8) is 0 Å². The molecule has 124 valence electrons. The largest absolute Gasteiger partial charge is 0.338 e. The van der Waals surface area contributed by atoms with E-state index in [0.717, 1.165) is 26.1 Å². The molecule has 2 amide bonds. The van der Waals surface area contributed by atoms with Gasteiger partial charge in [0.2, 0.25) is 10.0 Å². The highest BCUT2D eigenvalue weighted by Crippen LogP contribution is 2.12. The van der Waals surface area contributed by atoms with E-state index < -0.39 is 10.0 Å². The van der Waals surface area contributed by atoms with E-state index in [1.165, 1.54) is 24.3 Å². The van der Waals surface area contributed by atoms with E-state index >= 15 is 0 Å². The molecule has 7 nitrogen and oxygen atoms in total. The molecule has 0 aliphatic heterocycles. The van der Waals surface area contributed by atoms with Gasteiger partial charge in [-0.1, -0.05) is 13.8 Å². The molecular weight excluding hydrogens is 304 g/mol. The fourth-order valence-corrected chi connectivity index (χ4v) is 2.46. The minimum atomic E-state index is -3.71. The van der Waals surface area contributed by atoms with Crippen molar-refractivity contribution >= 4 is 21.7 Å². The average molecular weight is 328 g/mol. The molecule has 0 heterocycles. The van der Waals surface area contributed by atoms with E-state index in [-0.39, 0.29) is 10.9 Å². The molecule has 0 aromatic heterocycles. The van der Waals surface area contributed by atoms with E-state index in [1.807, 2.05) is 0 Å². The molecule has 0 spiro atoms. The second-order valence-corrected chi connectivity index (χ2v) is 6.39. The molecule has 8 heteroatoms. The predicted molar refractivity (Wildman–Crippen MR) is 87.2 cm³/mol. The summed E-state index contributed by atoms with van der Waals surface area (Å²) < 4.78 is 22.2. The topological polar surface area (TPSA) is 105 Å². The zero-order valence-electron chi connectivity index (χ0n) is 13.0. The quantitative estimate of drug-likeness (QED) is 0.623. The van der Waals surface area contributed by atoms with E-state index in [2.05, 4.69) is 29.4 Å². The van der Waals surface area contributed by atoms with Gasteiger partial charge in [0.05, 0.1) is 4.90 Å². The van der Waals surface area contributed by atoms with Crippen molar-refractivity contribution < 1.29 is 13.2 Å². The monoisotopic (exact) mass is 328 g/mol. The third-order valence-electron chi connectivity index (χ3n) is 3.27. The molecule has 0 unspecified atom stereocenters. The number of rotatable bonds is 8. The van der Waals surface area contributed by atoms with Crippen molar-refractivity contribution in [2.75, 3.05) is 31.5 Å². The van der Waals surface area contributed by atoms with Gasteiger partial charge in [0, 0.05) is 12.2 Å². The van der Waals surface area contributed by atoms with Gasteiger partial charge >= 0.3 is 6.03 Å². The van der Waals surface area contributed by atoms with E-state index in [0.29, 0.717) is 12.2 Å². The molecule has 0 fully saturated rings. The molecular formula is C14H24N4O3S. The van der Waals surface area contributed by atoms with Crippen LogP contribution < -0.4 is 15.8 Å². The van der Waals surface area contributed by atoms with Crippen molar-refractivity contribution in [2.24, 2.45) is 5.14 Å². The summed E-state index contributed by atoms with van der Waals surface area (Å²) in [4.78, 5) is 14.0. The number of primary sulfonamides is 1. The number of nitrogens with one attached hydrogen (secondary N) is 2. The first-order valence-corrected chi connectivity index (χ1v) is 8.81. The van der Waals surface area contributed by atoms with Crippen LogP contribution >= 0.6 is 0 Å². The molecule has 0 aliphatic carbocycles. The third-order valence-corrected chi connectivity index (χ3v) is 4.20. The number of carbonyl (C=O) groups excluding carboxylic acids is 1. The average Bonchev–Trinajstić information content (AvgIpc) is 2.47. The normalized spacial score (nSPS) is 11.5. The van der Waals surface area contributed by atoms with Crippen LogP contribution in [0.2, 0.25) is 0 Å². The number of amides is 2. The predicted octanol–water partition coefficient (Wildman–Crippen LogP) is 1.19. The first-order valence-electron chi connectivity index (χ1n) is 7.27. The number of nitrogens with two attached hydrogens (primary N) is 1. The number of carbonyl (C=O) groups is 1. The van der Waals surface area contributed by atoms with Gasteiger partial charge in [-0.15, -0.1) is 0 Å². The zero-order valence-corrected chi connectivity index (χ0v) is 13.8. The molecule has 0 aliphatic rings. The Kier molecular flexibility index (Phi) is 7.30. The zero-order chi connectivity index (χ0) is 16.6. The maximum absolute atomic E-state index is 11.7. The minimum absolute atomic E-state index is 0.0117. The van der Waals surface area contributed by atoms with Gasteiger partial charge < -0.3 is 15.5 Å². The maximum Gasteiger partial charge on any atom is 0.319 e. The summed E-state index contributed by atoms with van der Waals surface area (Å²) in [6.07, 6.45) is 0.874. The number of anilines is 1. The number of sulfonamides is 1.